The highest BCUT2D eigenvalue weighted by Gasteiger charge is 2.26. The number of aromatic nitrogens is 3. The average molecular weight is 534 g/mol. The highest BCUT2D eigenvalue weighted by atomic mass is 32.2. The maximum atomic E-state index is 13.1. The molecule has 1 aromatic carbocycles. The molecule has 2 heterocycles. The molecule has 1 aliphatic rings. The first-order chi connectivity index (χ1) is 17.7. The number of sulfonamides is 1. The zero-order valence-electron chi connectivity index (χ0n) is 22.8. The second-order valence-corrected chi connectivity index (χ2v) is 11.6. The van der Waals surface area contributed by atoms with Crippen LogP contribution in [0.5, 0.6) is 0 Å². The van der Waals surface area contributed by atoms with Crippen LogP contribution in [0.2, 0.25) is 0 Å². The van der Waals surface area contributed by atoms with Crippen molar-refractivity contribution in [2.75, 3.05) is 45.5 Å². The number of carbonyl (C=O) groups excluding carboxylic acids is 1. The SMILES string of the molecule is CCN(CC)CCCS(=O)(=O)N[C@H](CCc1ccccc1)c1nc(CN(C)C(=O)N2CCCC2)nn1C. The first-order valence-corrected chi connectivity index (χ1v) is 15.0. The third-order valence-corrected chi connectivity index (χ3v) is 8.37. The Balaban J connectivity index is 1.72. The summed E-state index contributed by atoms with van der Waals surface area (Å²) in [5, 5.41) is 4.52. The van der Waals surface area contributed by atoms with Crippen molar-refractivity contribution < 1.29 is 13.2 Å². The second kappa shape index (κ2) is 13.9. The number of urea groups is 1. The van der Waals surface area contributed by atoms with Crippen LogP contribution in [-0.2, 0) is 30.0 Å². The van der Waals surface area contributed by atoms with Crippen LogP contribution in [0, 0.1) is 0 Å². The highest BCUT2D eigenvalue weighted by Crippen LogP contribution is 2.20. The van der Waals surface area contributed by atoms with Gasteiger partial charge in [-0.15, -0.1) is 0 Å². The molecule has 3 rings (SSSR count). The molecular weight excluding hydrogens is 490 g/mol. The minimum absolute atomic E-state index is 0.0268. The summed E-state index contributed by atoms with van der Waals surface area (Å²) >= 11 is 0. The van der Waals surface area contributed by atoms with Crippen LogP contribution >= 0.6 is 0 Å². The molecule has 206 valence electrons. The zero-order chi connectivity index (χ0) is 26.8. The Bertz CT molecular complexity index is 1080. The van der Waals surface area contributed by atoms with Gasteiger partial charge in [0.1, 0.15) is 5.82 Å². The largest absolute Gasteiger partial charge is 0.325 e. The summed E-state index contributed by atoms with van der Waals surface area (Å²) in [4.78, 5) is 23.1. The van der Waals surface area contributed by atoms with Crippen LogP contribution in [0.25, 0.3) is 0 Å². The molecule has 0 spiro atoms. The predicted molar refractivity (Wildman–Crippen MR) is 146 cm³/mol. The number of nitrogens with one attached hydrogen (secondary N) is 1. The van der Waals surface area contributed by atoms with Crippen molar-refractivity contribution in [1.82, 2.24) is 34.2 Å². The Kier molecular flexibility index (Phi) is 10.9. The Labute approximate surface area is 222 Å². The number of aryl methyl sites for hydroxylation is 2. The van der Waals surface area contributed by atoms with Crippen molar-refractivity contribution in [3.63, 3.8) is 0 Å². The fraction of sp³-hybridized carbons (Fsp3) is 0.654. The summed E-state index contributed by atoms with van der Waals surface area (Å²) in [6.45, 7) is 8.54. The fourth-order valence-electron chi connectivity index (χ4n) is 4.74. The van der Waals surface area contributed by atoms with E-state index in [0.29, 0.717) is 30.9 Å². The Morgan fingerprint density at radius 1 is 1.14 bits per heavy atom. The molecule has 1 aromatic heterocycles. The minimum atomic E-state index is -3.53. The van der Waals surface area contributed by atoms with Crippen LogP contribution in [0.3, 0.4) is 0 Å². The molecule has 1 N–H and O–H groups in total. The van der Waals surface area contributed by atoms with E-state index >= 15 is 0 Å². The number of hydrogen-bond acceptors (Lipinski definition) is 6. The maximum Gasteiger partial charge on any atom is 0.320 e. The third kappa shape index (κ3) is 8.79. The number of likely N-dealkylation sites (tertiary alicyclic amines) is 1. The quantitative estimate of drug-likeness (QED) is 0.401. The van der Waals surface area contributed by atoms with Crippen molar-refractivity contribution in [2.24, 2.45) is 7.05 Å². The monoisotopic (exact) mass is 533 g/mol. The highest BCUT2D eigenvalue weighted by molar-refractivity contribution is 7.89. The molecule has 2 aromatic rings. The molecule has 0 unspecified atom stereocenters. The summed E-state index contributed by atoms with van der Waals surface area (Å²) < 4.78 is 30.7. The predicted octanol–water partition coefficient (Wildman–Crippen LogP) is 2.79. The molecule has 0 radical (unpaired) electrons. The van der Waals surface area contributed by atoms with Gasteiger partial charge in [-0.25, -0.2) is 22.9 Å². The molecule has 0 aliphatic carbocycles. The van der Waals surface area contributed by atoms with Gasteiger partial charge in [0, 0.05) is 27.2 Å². The van der Waals surface area contributed by atoms with Gasteiger partial charge in [-0.3, -0.25) is 4.68 Å². The Morgan fingerprint density at radius 2 is 1.81 bits per heavy atom. The van der Waals surface area contributed by atoms with Gasteiger partial charge in [-0.1, -0.05) is 44.2 Å². The van der Waals surface area contributed by atoms with E-state index in [4.69, 9.17) is 4.98 Å². The van der Waals surface area contributed by atoms with Crippen LogP contribution in [0.1, 0.15) is 62.8 Å². The molecule has 1 atom stereocenters. The van der Waals surface area contributed by atoms with E-state index in [-0.39, 0.29) is 18.3 Å². The molecule has 37 heavy (non-hydrogen) atoms. The lowest BCUT2D eigenvalue weighted by atomic mass is 10.1. The van der Waals surface area contributed by atoms with Crippen molar-refractivity contribution in [1.29, 1.82) is 0 Å². The number of nitrogens with zero attached hydrogens (tertiary/aromatic N) is 6. The van der Waals surface area contributed by atoms with E-state index in [9.17, 15) is 13.2 Å². The Morgan fingerprint density at radius 3 is 2.46 bits per heavy atom. The minimum Gasteiger partial charge on any atom is -0.325 e. The van der Waals surface area contributed by atoms with Gasteiger partial charge in [0.15, 0.2) is 5.82 Å². The summed E-state index contributed by atoms with van der Waals surface area (Å²) in [7, 11) is -0.00122. The number of benzene rings is 1. The molecule has 1 aliphatic heterocycles. The molecule has 1 fully saturated rings. The van der Waals surface area contributed by atoms with Gasteiger partial charge >= 0.3 is 6.03 Å². The number of rotatable bonds is 14. The lowest BCUT2D eigenvalue weighted by Crippen LogP contribution is -2.39. The van der Waals surface area contributed by atoms with Gasteiger partial charge < -0.3 is 14.7 Å². The van der Waals surface area contributed by atoms with Crippen LogP contribution in [0.15, 0.2) is 30.3 Å². The average Bonchev–Trinajstić information content (AvgIpc) is 3.54. The molecule has 11 heteroatoms. The number of carbonyl (C=O) groups is 1. The fourth-order valence-corrected chi connectivity index (χ4v) is 6.03. The van der Waals surface area contributed by atoms with Crippen LogP contribution in [0.4, 0.5) is 4.79 Å². The summed E-state index contributed by atoms with van der Waals surface area (Å²) in [5.41, 5.74) is 1.13. The first kappa shape index (κ1) is 29.1. The normalized spacial score (nSPS) is 14.9. The lowest BCUT2D eigenvalue weighted by Gasteiger charge is -2.23. The van der Waals surface area contributed by atoms with Gasteiger partial charge in [0.2, 0.25) is 10.0 Å². The molecule has 2 amide bonds. The van der Waals surface area contributed by atoms with Gasteiger partial charge in [0.05, 0.1) is 18.3 Å². The first-order valence-electron chi connectivity index (χ1n) is 13.4. The van der Waals surface area contributed by atoms with Gasteiger partial charge in [0.25, 0.3) is 0 Å². The molecule has 0 saturated carbocycles. The third-order valence-electron chi connectivity index (χ3n) is 6.90. The second-order valence-electron chi connectivity index (χ2n) is 9.74. The molecular formula is C26H43N7O3S. The standard InChI is InChI=1S/C26H43N7O3S/c1-5-32(6-2)17-12-20-37(35,36)29-23(16-15-22-13-8-7-9-14-22)25-27-24(28-31(25)4)21-30(3)26(34)33-18-10-11-19-33/h7-9,13-14,23,29H,5-6,10-12,15-21H2,1-4H3/t23-/m1/s1. The van der Waals surface area contributed by atoms with Crippen molar-refractivity contribution in [3.05, 3.63) is 47.5 Å². The van der Waals surface area contributed by atoms with E-state index < -0.39 is 16.1 Å². The van der Waals surface area contributed by atoms with Crippen molar-refractivity contribution in [3.8, 4) is 0 Å². The van der Waals surface area contributed by atoms with E-state index in [1.807, 2.05) is 35.2 Å². The lowest BCUT2D eigenvalue weighted by molar-refractivity contribution is 0.170. The molecule has 1 saturated heterocycles. The molecule has 10 nitrogen and oxygen atoms in total. The summed E-state index contributed by atoms with van der Waals surface area (Å²) in [6, 6.07) is 9.46. The van der Waals surface area contributed by atoms with E-state index in [0.717, 1.165) is 51.1 Å². The summed E-state index contributed by atoms with van der Waals surface area (Å²) in [6.07, 6.45) is 3.88. The number of hydrogen-bond donors (Lipinski definition) is 1. The van der Waals surface area contributed by atoms with E-state index in [2.05, 4.69) is 28.6 Å². The van der Waals surface area contributed by atoms with Gasteiger partial charge in [-0.2, -0.15) is 5.10 Å². The number of amides is 2. The van der Waals surface area contributed by atoms with E-state index in [1.165, 1.54) is 0 Å². The summed E-state index contributed by atoms with van der Waals surface area (Å²) in [5.74, 6) is 1.11. The zero-order valence-corrected chi connectivity index (χ0v) is 23.6. The van der Waals surface area contributed by atoms with Crippen LogP contribution in [-0.4, -0.2) is 89.4 Å². The molecule has 0 bridgehead atoms. The van der Waals surface area contributed by atoms with Crippen molar-refractivity contribution in [2.45, 2.75) is 58.5 Å². The Hall–Kier alpha value is -2.50. The smallest absolute Gasteiger partial charge is 0.320 e. The topological polar surface area (TPSA) is 104 Å². The van der Waals surface area contributed by atoms with Crippen molar-refractivity contribution >= 4 is 16.1 Å². The van der Waals surface area contributed by atoms with E-state index in [1.54, 1.807) is 23.7 Å². The van der Waals surface area contributed by atoms with Crippen LogP contribution < -0.4 is 4.72 Å². The van der Waals surface area contributed by atoms with Gasteiger partial charge in [-0.05, 0) is 57.3 Å². The maximum absolute atomic E-state index is 13.1.